The van der Waals surface area contributed by atoms with E-state index in [0.29, 0.717) is 18.1 Å². The summed E-state index contributed by atoms with van der Waals surface area (Å²) in [4.78, 5) is 12.2. The molecule has 0 unspecified atom stereocenters. The van der Waals surface area contributed by atoms with Crippen molar-refractivity contribution in [2.75, 3.05) is 6.61 Å². The third-order valence-electron chi connectivity index (χ3n) is 3.80. The van der Waals surface area contributed by atoms with Gasteiger partial charge in [0.1, 0.15) is 5.75 Å². The molecule has 0 saturated heterocycles. The smallest absolute Gasteiger partial charge is 0.271 e. The minimum absolute atomic E-state index is 0.242. The van der Waals surface area contributed by atoms with Crippen LogP contribution in [0, 0.1) is 26.7 Å². The lowest BCUT2D eigenvalue weighted by Crippen LogP contribution is -2.17. The molecule has 2 rings (SSSR count). The van der Waals surface area contributed by atoms with E-state index in [4.69, 9.17) is 4.74 Å². The van der Waals surface area contributed by atoms with Crippen molar-refractivity contribution in [3.8, 4) is 5.75 Å². The summed E-state index contributed by atoms with van der Waals surface area (Å²) in [6.07, 6.45) is 1.70. The lowest BCUT2D eigenvalue weighted by molar-refractivity contribution is 0.0955. The largest absolute Gasteiger partial charge is 0.493 e. The van der Waals surface area contributed by atoms with Gasteiger partial charge in [-0.2, -0.15) is 5.10 Å². The third kappa shape index (κ3) is 5.45. The molecule has 1 amide bonds. The van der Waals surface area contributed by atoms with Crippen LogP contribution in [0.5, 0.6) is 5.75 Å². The van der Waals surface area contributed by atoms with Crippen LogP contribution in [0.4, 0.5) is 0 Å². The Morgan fingerprint density at radius 2 is 1.72 bits per heavy atom. The number of nitrogens with one attached hydrogen (secondary N) is 1. The fourth-order valence-corrected chi connectivity index (χ4v) is 2.58. The first-order valence-corrected chi connectivity index (χ1v) is 8.51. The second-order valence-corrected chi connectivity index (χ2v) is 6.74. The second kappa shape index (κ2) is 8.47. The minimum atomic E-state index is -0.242. The van der Waals surface area contributed by atoms with Gasteiger partial charge in [0.05, 0.1) is 12.8 Å². The molecule has 0 heterocycles. The van der Waals surface area contributed by atoms with Crippen LogP contribution in [0.1, 0.15) is 46.5 Å². The normalized spacial score (nSPS) is 11.1. The van der Waals surface area contributed by atoms with E-state index in [0.717, 1.165) is 22.4 Å². The maximum absolute atomic E-state index is 12.2. The van der Waals surface area contributed by atoms with Crippen molar-refractivity contribution < 1.29 is 9.53 Å². The van der Waals surface area contributed by atoms with E-state index >= 15 is 0 Å². The van der Waals surface area contributed by atoms with Gasteiger partial charge in [-0.05, 0) is 62.1 Å². The van der Waals surface area contributed by atoms with Crippen LogP contribution in [0.15, 0.2) is 41.5 Å². The zero-order chi connectivity index (χ0) is 18.4. The fourth-order valence-electron chi connectivity index (χ4n) is 2.58. The Morgan fingerprint density at radius 1 is 1.12 bits per heavy atom. The highest BCUT2D eigenvalue weighted by Crippen LogP contribution is 2.15. The van der Waals surface area contributed by atoms with E-state index in [9.17, 15) is 4.79 Å². The maximum atomic E-state index is 12.2. The molecular weight excluding hydrogens is 312 g/mol. The summed E-state index contributed by atoms with van der Waals surface area (Å²) >= 11 is 0. The number of hydrogen-bond donors (Lipinski definition) is 1. The number of hydrazone groups is 1. The number of ether oxygens (including phenoxy) is 1. The highest BCUT2D eigenvalue weighted by molar-refractivity contribution is 5.95. The first kappa shape index (κ1) is 18.7. The van der Waals surface area contributed by atoms with E-state index in [1.807, 2.05) is 13.8 Å². The Labute approximate surface area is 149 Å². The van der Waals surface area contributed by atoms with Crippen molar-refractivity contribution in [3.63, 3.8) is 0 Å². The first-order valence-electron chi connectivity index (χ1n) is 8.51. The lowest BCUT2D eigenvalue weighted by atomic mass is 10.0. The van der Waals surface area contributed by atoms with E-state index in [2.05, 4.69) is 43.4 Å². The maximum Gasteiger partial charge on any atom is 0.271 e. The molecule has 0 fully saturated rings. The van der Waals surface area contributed by atoms with Crippen LogP contribution in [0.25, 0.3) is 0 Å². The number of rotatable bonds is 6. The number of hydrogen-bond acceptors (Lipinski definition) is 3. The Hall–Kier alpha value is -2.62. The average molecular weight is 338 g/mol. The summed E-state index contributed by atoms with van der Waals surface area (Å²) in [7, 11) is 0. The van der Waals surface area contributed by atoms with E-state index in [1.54, 1.807) is 30.5 Å². The van der Waals surface area contributed by atoms with Gasteiger partial charge in [0.25, 0.3) is 5.91 Å². The highest BCUT2D eigenvalue weighted by atomic mass is 16.5. The summed E-state index contributed by atoms with van der Waals surface area (Å²) < 4.78 is 5.62. The van der Waals surface area contributed by atoms with Gasteiger partial charge in [-0.25, -0.2) is 5.43 Å². The molecule has 4 nitrogen and oxygen atoms in total. The van der Waals surface area contributed by atoms with E-state index in [1.165, 1.54) is 5.56 Å². The highest BCUT2D eigenvalue weighted by Gasteiger charge is 2.06. The number of nitrogens with zero attached hydrogens (tertiary/aromatic N) is 1. The standard InChI is InChI=1S/C21H26N2O2/c1-14(2)13-25-19-8-6-18(7-9-19)21(24)23-22-12-20-16(4)10-15(3)11-17(20)5/h6-12,14H,13H2,1-5H3,(H,23,24). The lowest BCUT2D eigenvalue weighted by Gasteiger charge is -2.09. The van der Waals surface area contributed by atoms with E-state index in [-0.39, 0.29) is 5.91 Å². The molecule has 0 atom stereocenters. The summed E-state index contributed by atoms with van der Waals surface area (Å²) in [6, 6.07) is 11.3. The molecule has 2 aromatic carbocycles. The molecule has 1 N–H and O–H groups in total. The quantitative estimate of drug-likeness (QED) is 0.626. The number of carbonyl (C=O) groups is 1. The average Bonchev–Trinajstić information content (AvgIpc) is 2.55. The van der Waals surface area contributed by atoms with Gasteiger partial charge in [0, 0.05) is 11.1 Å². The number of aryl methyl sites for hydroxylation is 3. The zero-order valence-corrected chi connectivity index (χ0v) is 15.6. The molecule has 25 heavy (non-hydrogen) atoms. The Bertz CT molecular complexity index is 739. The topological polar surface area (TPSA) is 50.7 Å². The van der Waals surface area contributed by atoms with Gasteiger partial charge in [0.15, 0.2) is 0 Å². The molecule has 4 heteroatoms. The van der Waals surface area contributed by atoms with Crippen LogP contribution in [0.2, 0.25) is 0 Å². The van der Waals surface area contributed by atoms with Gasteiger partial charge in [-0.1, -0.05) is 31.5 Å². The summed E-state index contributed by atoms with van der Waals surface area (Å²) in [6.45, 7) is 11.0. The van der Waals surface area contributed by atoms with Crippen LogP contribution in [-0.2, 0) is 0 Å². The minimum Gasteiger partial charge on any atom is -0.493 e. The fraction of sp³-hybridized carbons (Fsp3) is 0.333. The molecular formula is C21H26N2O2. The zero-order valence-electron chi connectivity index (χ0n) is 15.6. The first-order chi connectivity index (χ1) is 11.9. The van der Waals surface area contributed by atoms with Crippen molar-refractivity contribution >= 4 is 12.1 Å². The summed E-state index contributed by atoms with van der Waals surface area (Å²) in [5.74, 6) is 0.986. The molecule has 0 aromatic heterocycles. The number of benzene rings is 2. The van der Waals surface area contributed by atoms with Crippen molar-refractivity contribution in [1.82, 2.24) is 5.43 Å². The monoisotopic (exact) mass is 338 g/mol. The third-order valence-corrected chi connectivity index (χ3v) is 3.80. The second-order valence-electron chi connectivity index (χ2n) is 6.74. The summed E-state index contributed by atoms with van der Waals surface area (Å²) in [5, 5.41) is 4.10. The predicted octanol–water partition coefficient (Wildman–Crippen LogP) is 4.41. The Morgan fingerprint density at radius 3 is 2.28 bits per heavy atom. The molecule has 0 radical (unpaired) electrons. The van der Waals surface area contributed by atoms with Gasteiger partial charge < -0.3 is 4.74 Å². The summed E-state index contributed by atoms with van der Waals surface area (Å²) in [5.41, 5.74) is 7.65. The molecule has 0 aliphatic rings. The predicted molar refractivity (Wildman–Crippen MR) is 102 cm³/mol. The molecule has 2 aromatic rings. The van der Waals surface area contributed by atoms with Crippen molar-refractivity contribution in [2.45, 2.75) is 34.6 Å². The Balaban J connectivity index is 1.98. The molecule has 0 aliphatic heterocycles. The van der Waals surface area contributed by atoms with Crippen molar-refractivity contribution in [2.24, 2.45) is 11.0 Å². The molecule has 132 valence electrons. The van der Waals surface area contributed by atoms with Crippen molar-refractivity contribution in [1.29, 1.82) is 0 Å². The SMILES string of the molecule is Cc1cc(C)c(C=NNC(=O)c2ccc(OCC(C)C)cc2)c(C)c1. The Kier molecular flexibility index (Phi) is 6.34. The van der Waals surface area contributed by atoms with Crippen LogP contribution >= 0.6 is 0 Å². The molecule has 0 bridgehead atoms. The molecule has 0 saturated carbocycles. The van der Waals surface area contributed by atoms with Crippen LogP contribution in [-0.4, -0.2) is 18.7 Å². The van der Waals surface area contributed by atoms with Gasteiger partial charge >= 0.3 is 0 Å². The van der Waals surface area contributed by atoms with Gasteiger partial charge in [0.2, 0.25) is 0 Å². The molecule has 0 spiro atoms. The number of amides is 1. The van der Waals surface area contributed by atoms with Gasteiger partial charge in [-0.3, -0.25) is 4.79 Å². The van der Waals surface area contributed by atoms with Crippen molar-refractivity contribution in [3.05, 3.63) is 64.2 Å². The van der Waals surface area contributed by atoms with E-state index < -0.39 is 0 Å². The van der Waals surface area contributed by atoms with Gasteiger partial charge in [-0.15, -0.1) is 0 Å². The van der Waals surface area contributed by atoms with Crippen LogP contribution < -0.4 is 10.2 Å². The van der Waals surface area contributed by atoms with Crippen LogP contribution in [0.3, 0.4) is 0 Å². The number of carbonyl (C=O) groups excluding carboxylic acids is 1. The molecule has 0 aliphatic carbocycles.